The highest BCUT2D eigenvalue weighted by Gasteiger charge is 2.22. The van der Waals surface area contributed by atoms with Gasteiger partial charge in [0.1, 0.15) is 11.3 Å². The predicted molar refractivity (Wildman–Crippen MR) is 88.7 cm³/mol. The van der Waals surface area contributed by atoms with Crippen LogP contribution in [0.2, 0.25) is 0 Å². The Morgan fingerprint density at radius 2 is 2.16 bits per heavy atom. The fourth-order valence-electron chi connectivity index (χ4n) is 2.84. The lowest BCUT2D eigenvalue weighted by atomic mass is 10.2. The monoisotopic (exact) mass is 346 g/mol. The Morgan fingerprint density at radius 3 is 2.84 bits per heavy atom. The van der Waals surface area contributed by atoms with E-state index in [1.165, 1.54) is 6.20 Å². The number of urea groups is 1. The highest BCUT2D eigenvalue weighted by atomic mass is 16.5. The smallest absolute Gasteiger partial charge is 0.319 e. The Balaban J connectivity index is 1.66. The number of amides is 3. The van der Waals surface area contributed by atoms with Gasteiger partial charge in [0, 0.05) is 27.2 Å². The van der Waals surface area contributed by atoms with Crippen LogP contribution in [-0.2, 0) is 19.6 Å². The minimum absolute atomic E-state index is 0.00700. The Morgan fingerprint density at radius 1 is 1.36 bits per heavy atom. The molecule has 0 fully saturated rings. The average Bonchev–Trinajstić information content (AvgIpc) is 3.12. The van der Waals surface area contributed by atoms with Gasteiger partial charge in [-0.3, -0.25) is 9.48 Å². The number of aryl methyl sites for hydroxylation is 2. The summed E-state index contributed by atoms with van der Waals surface area (Å²) < 4.78 is 6.81. The second-order valence-electron chi connectivity index (χ2n) is 6.28. The van der Waals surface area contributed by atoms with E-state index in [2.05, 4.69) is 15.6 Å². The topological polar surface area (TPSA) is 96.5 Å². The van der Waals surface area contributed by atoms with Crippen LogP contribution in [0.1, 0.15) is 33.9 Å². The summed E-state index contributed by atoms with van der Waals surface area (Å²) in [6, 6.07) is 1.93. The Bertz CT molecular complexity index is 779. The van der Waals surface area contributed by atoms with Gasteiger partial charge in [0.25, 0.3) is 5.91 Å². The van der Waals surface area contributed by atoms with Crippen molar-refractivity contribution in [3.8, 4) is 0 Å². The van der Waals surface area contributed by atoms with E-state index < -0.39 is 0 Å². The van der Waals surface area contributed by atoms with Crippen molar-refractivity contribution in [2.75, 3.05) is 20.6 Å². The fourth-order valence-corrected chi connectivity index (χ4v) is 2.84. The number of rotatable bonds is 3. The second-order valence-corrected chi connectivity index (χ2v) is 6.28. The maximum Gasteiger partial charge on any atom is 0.319 e. The molecule has 9 nitrogen and oxygen atoms in total. The molecule has 9 heteroatoms. The summed E-state index contributed by atoms with van der Waals surface area (Å²) in [5, 5.41) is 11.0. The average molecular weight is 346 g/mol. The first-order valence-corrected chi connectivity index (χ1v) is 8.17. The van der Waals surface area contributed by atoms with Crippen molar-refractivity contribution in [3.63, 3.8) is 0 Å². The van der Waals surface area contributed by atoms with E-state index >= 15 is 0 Å². The lowest BCUT2D eigenvalue weighted by Gasteiger charge is -2.23. The molecule has 2 aromatic heterocycles. The minimum Gasteiger partial charge on any atom is -0.361 e. The van der Waals surface area contributed by atoms with Crippen molar-refractivity contribution in [1.29, 1.82) is 0 Å². The number of aromatic nitrogens is 3. The maximum absolute atomic E-state index is 12.2. The molecule has 0 saturated heterocycles. The summed E-state index contributed by atoms with van der Waals surface area (Å²) in [4.78, 5) is 27.7. The van der Waals surface area contributed by atoms with Crippen molar-refractivity contribution in [2.24, 2.45) is 0 Å². The molecule has 0 saturated carbocycles. The summed E-state index contributed by atoms with van der Waals surface area (Å²) in [6.07, 6.45) is 2.25. The van der Waals surface area contributed by atoms with Crippen LogP contribution in [-0.4, -0.2) is 57.3 Å². The third kappa shape index (κ3) is 3.65. The largest absolute Gasteiger partial charge is 0.361 e. The molecule has 0 spiro atoms. The molecule has 2 aromatic rings. The van der Waals surface area contributed by atoms with Crippen LogP contribution in [0.5, 0.6) is 0 Å². The quantitative estimate of drug-likeness (QED) is 0.894. The molecule has 0 atom stereocenters. The maximum atomic E-state index is 12.2. The van der Waals surface area contributed by atoms with Crippen molar-refractivity contribution in [1.82, 2.24) is 30.1 Å². The third-order valence-electron chi connectivity index (χ3n) is 4.14. The summed E-state index contributed by atoms with van der Waals surface area (Å²) in [7, 11) is 3.50. The molecule has 1 aliphatic rings. The van der Waals surface area contributed by atoms with E-state index in [0.29, 0.717) is 31.0 Å². The number of fused-ring (bicyclic) bond motifs is 1. The lowest BCUT2D eigenvalue weighted by Crippen LogP contribution is -2.38. The van der Waals surface area contributed by atoms with Crippen LogP contribution in [0.25, 0.3) is 0 Å². The number of hydrogen-bond donors (Lipinski definition) is 1. The van der Waals surface area contributed by atoms with Crippen LogP contribution < -0.4 is 5.32 Å². The zero-order valence-electron chi connectivity index (χ0n) is 14.7. The van der Waals surface area contributed by atoms with Gasteiger partial charge in [-0.25, -0.2) is 4.79 Å². The molecular weight excluding hydrogens is 324 g/mol. The van der Waals surface area contributed by atoms with Gasteiger partial charge in [-0.2, -0.15) is 5.10 Å². The van der Waals surface area contributed by atoms with E-state index in [4.69, 9.17) is 4.52 Å². The molecule has 0 radical (unpaired) electrons. The molecule has 3 rings (SSSR count). The molecule has 1 aliphatic heterocycles. The van der Waals surface area contributed by atoms with Gasteiger partial charge in [-0.15, -0.1) is 0 Å². The fraction of sp³-hybridized carbons (Fsp3) is 0.500. The first-order valence-electron chi connectivity index (χ1n) is 8.17. The highest BCUT2D eigenvalue weighted by Crippen LogP contribution is 2.15. The molecule has 3 amide bonds. The van der Waals surface area contributed by atoms with Gasteiger partial charge in [0.2, 0.25) is 0 Å². The van der Waals surface area contributed by atoms with Crippen molar-refractivity contribution in [3.05, 3.63) is 35.0 Å². The van der Waals surface area contributed by atoms with Crippen molar-refractivity contribution in [2.45, 2.75) is 33.0 Å². The van der Waals surface area contributed by atoms with Gasteiger partial charge in [0.15, 0.2) is 0 Å². The van der Waals surface area contributed by atoms with Crippen LogP contribution >= 0.6 is 0 Å². The van der Waals surface area contributed by atoms with Gasteiger partial charge < -0.3 is 19.6 Å². The Kier molecular flexibility index (Phi) is 4.73. The van der Waals surface area contributed by atoms with Crippen LogP contribution in [0.3, 0.4) is 0 Å². The molecule has 3 heterocycles. The first-order chi connectivity index (χ1) is 12.0. The summed E-state index contributed by atoms with van der Waals surface area (Å²) >= 11 is 0. The van der Waals surface area contributed by atoms with Crippen molar-refractivity contribution >= 4 is 11.9 Å². The van der Waals surface area contributed by atoms with Gasteiger partial charge in [-0.05, 0) is 19.4 Å². The SMILES string of the molecule is Cc1oncc1C(=O)NCc1cc2n(n1)CCCN(C(=O)N(C)C)C2. The Labute approximate surface area is 145 Å². The second kappa shape index (κ2) is 6.96. The van der Waals surface area contributed by atoms with Crippen molar-refractivity contribution < 1.29 is 14.1 Å². The number of carbonyl (C=O) groups excluding carboxylic acids is 2. The normalized spacial score (nSPS) is 14.0. The molecule has 25 heavy (non-hydrogen) atoms. The first kappa shape index (κ1) is 17.0. The molecule has 134 valence electrons. The zero-order chi connectivity index (χ0) is 18.0. The minimum atomic E-state index is -0.244. The molecule has 1 N–H and O–H groups in total. The molecule has 0 aliphatic carbocycles. The molecule has 0 aromatic carbocycles. The number of nitrogens with one attached hydrogen (secondary N) is 1. The summed E-state index contributed by atoms with van der Waals surface area (Å²) in [5.74, 6) is 0.238. The van der Waals surface area contributed by atoms with Crippen LogP contribution in [0.15, 0.2) is 16.8 Å². The number of hydrogen-bond acceptors (Lipinski definition) is 5. The lowest BCUT2D eigenvalue weighted by molar-refractivity contribution is 0.0948. The standard InChI is InChI=1S/C16H22N6O3/c1-11-14(9-18-25-11)15(23)17-8-12-7-13-10-21(16(24)20(2)3)5-4-6-22(13)19-12/h7,9H,4-6,8,10H2,1-3H3,(H,17,23). The predicted octanol–water partition coefficient (Wildman–Crippen LogP) is 0.997. The van der Waals surface area contributed by atoms with Gasteiger partial charge >= 0.3 is 6.03 Å². The van der Waals surface area contributed by atoms with E-state index in [1.807, 2.05) is 15.6 Å². The van der Waals surface area contributed by atoms with E-state index in [-0.39, 0.29) is 11.9 Å². The summed E-state index contributed by atoms with van der Waals surface area (Å²) in [6.45, 7) is 3.98. The number of nitrogens with zero attached hydrogens (tertiary/aromatic N) is 5. The van der Waals surface area contributed by atoms with E-state index in [0.717, 1.165) is 24.4 Å². The third-order valence-corrected chi connectivity index (χ3v) is 4.14. The zero-order valence-corrected chi connectivity index (χ0v) is 14.7. The van der Waals surface area contributed by atoms with Gasteiger partial charge in [-0.1, -0.05) is 5.16 Å². The molecule has 0 unspecified atom stereocenters. The van der Waals surface area contributed by atoms with Crippen LogP contribution in [0, 0.1) is 6.92 Å². The van der Waals surface area contributed by atoms with Crippen LogP contribution in [0.4, 0.5) is 4.79 Å². The molecular formula is C16H22N6O3. The highest BCUT2D eigenvalue weighted by molar-refractivity contribution is 5.94. The number of carbonyl (C=O) groups is 2. The summed E-state index contributed by atoms with van der Waals surface area (Å²) in [5.41, 5.74) is 2.15. The molecule has 0 bridgehead atoms. The van der Waals surface area contributed by atoms with Gasteiger partial charge in [0.05, 0.1) is 30.7 Å². The van der Waals surface area contributed by atoms with E-state index in [9.17, 15) is 9.59 Å². The Hall–Kier alpha value is -2.84. The van der Waals surface area contributed by atoms with E-state index in [1.54, 1.807) is 25.9 Å².